The highest BCUT2D eigenvalue weighted by Gasteiger charge is 2.50. The number of carbonyl (C=O) groups is 4. The molecule has 18 nitrogen and oxygen atoms in total. The summed E-state index contributed by atoms with van der Waals surface area (Å²) in [6.45, 7) is 43.3. The van der Waals surface area contributed by atoms with Crippen molar-refractivity contribution in [3.63, 3.8) is 0 Å². The topological polar surface area (TPSA) is 203 Å². The second-order valence-electron chi connectivity index (χ2n) is 30.1. The van der Waals surface area contributed by atoms with E-state index < -0.39 is 58.0 Å². The third kappa shape index (κ3) is 28.1. The predicted molar refractivity (Wildman–Crippen MR) is 404 cm³/mol. The molecule has 562 valence electrons. The summed E-state index contributed by atoms with van der Waals surface area (Å²) in [5.41, 5.74) is 5.25. The summed E-state index contributed by atoms with van der Waals surface area (Å²) in [5, 5.41) is 5.33. The Balaban J connectivity index is 0.000000520. The molecule has 0 saturated heterocycles. The molecule has 0 aromatic heterocycles. The molecule has 4 rings (SSSR count). The number of amides is 2. The van der Waals surface area contributed by atoms with Gasteiger partial charge in [-0.15, -0.1) is 0 Å². The molecular formula is C80H128N2O16Si2. The van der Waals surface area contributed by atoms with Crippen LogP contribution >= 0.6 is 0 Å². The van der Waals surface area contributed by atoms with E-state index in [2.05, 4.69) is 132 Å². The summed E-state index contributed by atoms with van der Waals surface area (Å²) in [5.74, 6) is 2.08. The lowest BCUT2D eigenvalue weighted by molar-refractivity contribution is -0.143. The van der Waals surface area contributed by atoms with Gasteiger partial charge in [-0.1, -0.05) is 144 Å². The van der Waals surface area contributed by atoms with E-state index in [1.165, 1.54) is 14.2 Å². The molecule has 0 aliphatic carbocycles. The molecule has 0 unspecified atom stereocenters. The number of methoxy groups -OCH3 is 6. The van der Waals surface area contributed by atoms with Gasteiger partial charge in [-0.25, -0.2) is 19.2 Å². The number of hydrogen-bond donors (Lipinski definition) is 2. The first-order valence-electron chi connectivity index (χ1n) is 35.9. The first-order valence-corrected chi connectivity index (χ1v) is 40.2. The predicted octanol–water partition coefficient (Wildman–Crippen LogP) is 18.7. The maximum atomic E-state index is 12.8. The molecular weight excluding hydrogens is 1300 g/mol. The van der Waals surface area contributed by atoms with Gasteiger partial charge in [-0.3, -0.25) is 5.32 Å². The number of carbonyl (C=O) groups excluding carboxylic acids is 4. The summed E-state index contributed by atoms with van der Waals surface area (Å²) >= 11 is 0. The van der Waals surface area contributed by atoms with Crippen molar-refractivity contribution in [1.82, 2.24) is 10.6 Å². The molecule has 0 fully saturated rings. The van der Waals surface area contributed by atoms with Crippen molar-refractivity contribution < 1.29 is 75.4 Å². The highest BCUT2D eigenvalue weighted by atomic mass is 28.4. The van der Waals surface area contributed by atoms with Crippen molar-refractivity contribution in [3.05, 3.63) is 131 Å². The van der Waals surface area contributed by atoms with Gasteiger partial charge in [0, 0.05) is 0 Å². The fraction of sp³-hybridized carbons (Fsp3) is 0.625. The van der Waals surface area contributed by atoms with Gasteiger partial charge < -0.3 is 61.5 Å². The standard InChI is InChI=1S/C40H65NO8Si.C40H63NO8Si/c2*1-27(2)50(28(3)4,29(5)6)49-37(30(7)47-26-32-19-23-35(45-12)24-20-32)33(25-31-17-21-34(44-11)22-18-31)15-14-16-36(38(42)46-13)41-39(43)48-40(8,9)10/h17-24,27-30,33,36-37H,14-16,25-26H2,1-13H3,(H,41,43);16-24,27-30,33,37H,14-15,25-26H2,1-13H3,(H,41,43)/b;36-16-/t30-,33+,36-,37-;30-,33+,37-/m00/s1. The Labute approximate surface area is 603 Å². The Morgan fingerprint density at radius 1 is 0.430 bits per heavy atom. The van der Waals surface area contributed by atoms with E-state index in [-0.39, 0.29) is 41.9 Å². The summed E-state index contributed by atoms with van der Waals surface area (Å²) in [6, 6.07) is 31.3. The summed E-state index contributed by atoms with van der Waals surface area (Å²) < 4.78 is 71.1. The number of benzene rings is 4. The van der Waals surface area contributed by atoms with Crippen LogP contribution in [0, 0.1) is 11.8 Å². The van der Waals surface area contributed by atoms with Crippen LogP contribution in [-0.4, -0.2) is 125 Å². The van der Waals surface area contributed by atoms with Gasteiger partial charge in [-0.05, 0) is 210 Å². The van der Waals surface area contributed by atoms with Crippen LogP contribution < -0.4 is 29.6 Å². The summed E-state index contributed by atoms with van der Waals surface area (Å²) in [6.07, 6.45) is 3.72. The lowest BCUT2D eigenvalue weighted by atomic mass is 9.86. The summed E-state index contributed by atoms with van der Waals surface area (Å²) in [7, 11) is 4.53. The van der Waals surface area contributed by atoms with Crippen molar-refractivity contribution in [3.8, 4) is 23.0 Å². The molecule has 2 amide bonds. The molecule has 0 aliphatic heterocycles. The normalized spacial score (nSPS) is 14.5. The molecule has 4 aromatic carbocycles. The van der Waals surface area contributed by atoms with Crippen LogP contribution in [0.4, 0.5) is 9.59 Å². The number of rotatable bonds is 39. The van der Waals surface area contributed by atoms with Crippen LogP contribution in [0.2, 0.25) is 33.2 Å². The molecule has 0 heterocycles. The minimum Gasteiger partial charge on any atom is -0.497 e. The molecule has 0 spiro atoms. The quantitative estimate of drug-likeness (QED) is 0.0185. The monoisotopic (exact) mass is 1430 g/mol. The molecule has 2 N–H and O–H groups in total. The van der Waals surface area contributed by atoms with Crippen LogP contribution in [0.15, 0.2) is 109 Å². The number of esters is 2. The van der Waals surface area contributed by atoms with Crippen molar-refractivity contribution in [2.45, 2.75) is 272 Å². The number of hydrogen-bond acceptors (Lipinski definition) is 16. The number of nitrogens with one attached hydrogen (secondary N) is 2. The van der Waals surface area contributed by atoms with Gasteiger partial charge in [0.25, 0.3) is 0 Å². The Hall–Kier alpha value is -6.43. The maximum Gasteiger partial charge on any atom is 0.412 e. The van der Waals surface area contributed by atoms with Gasteiger partial charge in [0.2, 0.25) is 16.6 Å². The van der Waals surface area contributed by atoms with E-state index in [9.17, 15) is 19.2 Å². The molecule has 100 heavy (non-hydrogen) atoms. The largest absolute Gasteiger partial charge is 0.497 e. The lowest BCUT2D eigenvalue weighted by Crippen LogP contribution is -2.54. The first-order chi connectivity index (χ1) is 46.9. The van der Waals surface area contributed by atoms with Crippen LogP contribution in [0.25, 0.3) is 0 Å². The molecule has 0 saturated carbocycles. The zero-order valence-electron chi connectivity index (χ0n) is 65.7. The molecule has 7 atom stereocenters. The van der Waals surface area contributed by atoms with Gasteiger partial charge >= 0.3 is 24.1 Å². The van der Waals surface area contributed by atoms with Crippen molar-refractivity contribution >= 4 is 40.8 Å². The van der Waals surface area contributed by atoms with Crippen molar-refractivity contribution in [2.24, 2.45) is 11.8 Å². The first kappa shape index (κ1) is 87.8. The SMILES string of the molecule is COC(=O)/C(=C/CC[C@H](Cc1ccc(OC)cc1)[C@@H](O[Si](C(C)C)(C(C)C)C(C)C)[C@H](C)OCc1ccc(OC)cc1)NC(=O)OC(C)(C)C.COC(=O)[C@H](CCC[C@H](Cc1ccc(OC)cc1)[C@@H](O[Si](C(C)C)(C(C)C)C(C)C)[C@H](C)OCc1ccc(OC)cc1)NC(=O)OC(C)(C)C. The Bertz CT molecular complexity index is 3010. The second kappa shape index (κ2) is 42.2. The lowest BCUT2D eigenvalue weighted by Gasteiger charge is -2.47. The fourth-order valence-corrected chi connectivity index (χ4v) is 25.3. The fourth-order valence-electron chi connectivity index (χ4n) is 14.0. The van der Waals surface area contributed by atoms with E-state index in [0.717, 1.165) is 58.1 Å². The molecule has 20 heteroatoms. The van der Waals surface area contributed by atoms with Crippen LogP contribution in [0.5, 0.6) is 23.0 Å². The van der Waals surface area contributed by atoms with E-state index in [1.54, 1.807) is 76.1 Å². The third-order valence-corrected chi connectivity index (χ3v) is 31.0. The van der Waals surface area contributed by atoms with Crippen molar-refractivity contribution in [1.29, 1.82) is 0 Å². The zero-order chi connectivity index (χ0) is 75.3. The number of ether oxygens (including phenoxy) is 10. The molecule has 4 aromatic rings. The Morgan fingerprint density at radius 2 is 0.760 bits per heavy atom. The van der Waals surface area contributed by atoms with E-state index >= 15 is 0 Å². The Kier molecular flexibility index (Phi) is 37.1. The summed E-state index contributed by atoms with van der Waals surface area (Å²) in [4.78, 5) is 50.8. The molecule has 0 radical (unpaired) electrons. The van der Waals surface area contributed by atoms with Crippen molar-refractivity contribution in [2.75, 3.05) is 42.7 Å². The van der Waals surface area contributed by atoms with Gasteiger partial charge in [0.05, 0.1) is 80.3 Å². The Morgan fingerprint density at radius 3 is 1.07 bits per heavy atom. The number of allylic oxidation sites excluding steroid dienone is 1. The van der Waals surface area contributed by atoms with Crippen LogP contribution in [0.3, 0.4) is 0 Å². The van der Waals surface area contributed by atoms with E-state index in [1.807, 2.05) is 72.8 Å². The second-order valence-corrected chi connectivity index (χ2v) is 40.9. The van der Waals surface area contributed by atoms with Crippen LogP contribution in [0.1, 0.15) is 193 Å². The molecule has 0 aliphatic rings. The molecule has 0 bridgehead atoms. The zero-order valence-corrected chi connectivity index (χ0v) is 67.7. The van der Waals surface area contributed by atoms with E-state index in [4.69, 9.17) is 56.2 Å². The van der Waals surface area contributed by atoms with Gasteiger partial charge in [0.1, 0.15) is 45.9 Å². The number of alkyl carbamates (subject to hydrolysis) is 2. The average molecular weight is 1430 g/mol. The average Bonchev–Trinajstić information content (AvgIpc) is 0.790. The minimum atomic E-state index is -2.38. The van der Waals surface area contributed by atoms with Gasteiger partial charge in [0.15, 0.2) is 0 Å². The van der Waals surface area contributed by atoms with Crippen LogP contribution in [-0.2, 0) is 72.9 Å². The third-order valence-electron chi connectivity index (χ3n) is 18.8. The minimum absolute atomic E-state index is 0.00550. The van der Waals surface area contributed by atoms with E-state index in [0.29, 0.717) is 78.6 Å². The van der Waals surface area contributed by atoms with Gasteiger partial charge in [-0.2, -0.15) is 0 Å². The maximum absolute atomic E-state index is 12.8. The smallest absolute Gasteiger partial charge is 0.412 e. The highest BCUT2D eigenvalue weighted by molar-refractivity contribution is 6.78. The highest BCUT2D eigenvalue weighted by Crippen LogP contribution is 2.47.